The lowest BCUT2D eigenvalue weighted by Gasteiger charge is -2.39. The van der Waals surface area contributed by atoms with E-state index >= 15 is 0 Å². The molecule has 2 saturated heterocycles. The van der Waals surface area contributed by atoms with Gasteiger partial charge in [0, 0.05) is 25.7 Å². The van der Waals surface area contributed by atoms with Crippen molar-refractivity contribution in [2.45, 2.75) is 58.4 Å². The van der Waals surface area contributed by atoms with Crippen LogP contribution in [0.5, 0.6) is 0 Å². The van der Waals surface area contributed by atoms with E-state index in [0.29, 0.717) is 23.8 Å². The largest absolute Gasteiger partial charge is 0.355 e. The van der Waals surface area contributed by atoms with Gasteiger partial charge in [0.1, 0.15) is 0 Å². The van der Waals surface area contributed by atoms with Gasteiger partial charge in [-0.25, -0.2) is 0 Å². The van der Waals surface area contributed by atoms with E-state index in [2.05, 4.69) is 29.4 Å². The molecule has 0 aromatic heterocycles. The summed E-state index contributed by atoms with van der Waals surface area (Å²) in [6.07, 6.45) is 7.36. The van der Waals surface area contributed by atoms with Crippen molar-refractivity contribution in [3.05, 3.63) is 0 Å². The van der Waals surface area contributed by atoms with Crippen molar-refractivity contribution in [1.29, 1.82) is 0 Å². The monoisotopic (exact) mass is 379 g/mol. The topological polar surface area (TPSA) is 44.4 Å². The molecule has 142 valence electrons. The zero-order valence-corrected chi connectivity index (χ0v) is 16.8. The average Bonchev–Trinajstić information content (AvgIpc) is 2.98. The van der Waals surface area contributed by atoms with Gasteiger partial charge in [-0.15, -0.1) is 24.8 Å². The third-order valence-corrected chi connectivity index (χ3v) is 6.32. The fourth-order valence-electron chi connectivity index (χ4n) is 4.84. The number of rotatable bonds is 4. The fraction of sp³-hybridized carbons (Fsp3) is 0.944. The van der Waals surface area contributed by atoms with Crippen molar-refractivity contribution in [2.75, 3.05) is 32.7 Å². The normalized spacial score (nSPS) is 33.3. The molecule has 2 heterocycles. The number of fused-ring (bicyclic) bond motifs is 1. The molecule has 0 aromatic rings. The molecule has 1 aliphatic carbocycles. The number of likely N-dealkylation sites (tertiary alicyclic amines) is 1. The highest BCUT2D eigenvalue weighted by Gasteiger charge is 2.49. The minimum absolute atomic E-state index is 0. The number of hydrogen-bond donors (Lipinski definition) is 2. The molecule has 3 atom stereocenters. The average molecular weight is 380 g/mol. The third kappa shape index (κ3) is 4.57. The number of hydrogen-bond acceptors (Lipinski definition) is 3. The van der Waals surface area contributed by atoms with Gasteiger partial charge in [0.25, 0.3) is 0 Å². The van der Waals surface area contributed by atoms with Gasteiger partial charge in [0.15, 0.2) is 0 Å². The maximum atomic E-state index is 12.9. The Morgan fingerprint density at radius 2 is 2.04 bits per heavy atom. The van der Waals surface area contributed by atoms with E-state index in [0.717, 1.165) is 32.6 Å². The first-order valence-corrected chi connectivity index (χ1v) is 9.35. The summed E-state index contributed by atoms with van der Waals surface area (Å²) in [7, 11) is 0. The summed E-state index contributed by atoms with van der Waals surface area (Å²) >= 11 is 0. The third-order valence-electron chi connectivity index (χ3n) is 6.32. The van der Waals surface area contributed by atoms with Gasteiger partial charge in [0.05, 0.1) is 5.41 Å². The van der Waals surface area contributed by atoms with Crippen LogP contribution < -0.4 is 10.6 Å². The molecule has 0 aromatic carbocycles. The van der Waals surface area contributed by atoms with E-state index < -0.39 is 0 Å². The van der Waals surface area contributed by atoms with Crippen molar-refractivity contribution in [3.8, 4) is 0 Å². The summed E-state index contributed by atoms with van der Waals surface area (Å²) in [4.78, 5) is 15.4. The molecule has 3 rings (SSSR count). The van der Waals surface area contributed by atoms with E-state index in [-0.39, 0.29) is 30.2 Å². The predicted molar refractivity (Wildman–Crippen MR) is 104 cm³/mol. The van der Waals surface area contributed by atoms with E-state index in [1.54, 1.807) is 0 Å². The standard InChI is InChI=1S/C18H33N3O.2ClH/c1-14(2)21-9-5-6-15(12-21)10-20-17(22)18-8-4-3-7-16(18)11-19-13-18;;/h14-16,19H,3-13H2,1-2H3,(H,20,22);2*1H/t15?,16-,18+;;/m0../s1. The Morgan fingerprint density at radius 3 is 2.79 bits per heavy atom. The molecule has 0 radical (unpaired) electrons. The first-order chi connectivity index (χ1) is 10.6. The van der Waals surface area contributed by atoms with Crippen molar-refractivity contribution < 1.29 is 4.79 Å². The van der Waals surface area contributed by atoms with Crippen LogP contribution in [0, 0.1) is 17.3 Å². The molecular weight excluding hydrogens is 345 g/mol. The van der Waals surface area contributed by atoms with Crippen molar-refractivity contribution in [1.82, 2.24) is 15.5 Å². The van der Waals surface area contributed by atoms with Crippen molar-refractivity contribution in [2.24, 2.45) is 17.3 Å². The minimum atomic E-state index is -0.0926. The lowest BCUT2D eigenvalue weighted by Crippen LogP contribution is -2.50. The molecule has 1 saturated carbocycles. The van der Waals surface area contributed by atoms with Gasteiger partial charge < -0.3 is 15.5 Å². The summed E-state index contributed by atoms with van der Waals surface area (Å²) in [5.74, 6) is 1.54. The second-order valence-electron chi connectivity index (χ2n) is 8.04. The molecule has 24 heavy (non-hydrogen) atoms. The minimum Gasteiger partial charge on any atom is -0.355 e. The molecule has 6 heteroatoms. The zero-order chi connectivity index (χ0) is 15.6. The number of nitrogens with zero attached hydrogens (tertiary/aromatic N) is 1. The lowest BCUT2D eigenvalue weighted by atomic mass is 9.67. The summed E-state index contributed by atoms with van der Waals surface area (Å²) in [5, 5.41) is 6.82. The van der Waals surface area contributed by atoms with E-state index in [4.69, 9.17) is 0 Å². The van der Waals surface area contributed by atoms with Crippen LogP contribution >= 0.6 is 24.8 Å². The van der Waals surface area contributed by atoms with Gasteiger partial charge in [0.2, 0.25) is 5.91 Å². The number of nitrogens with one attached hydrogen (secondary N) is 2. The Bertz CT molecular complexity index is 408. The van der Waals surface area contributed by atoms with E-state index in [9.17, 15) is 4.79 Å². The summed E-state index contributed by atoms with van der Waals surface area (Å²) in [6.45, 7) is 9.72. The first kappa shape index (κ1) is 22.0. The Hall–Kier alpha value is -0.0300. The Morgan fingerprint density at radius 1 is 1.25 bits per heavy atom. The molecule has 4 nitrogen and oxygen atoms in total. The van der Waals surface area contributed by atoms with Crippen LogP contribution in [0.3, 0.4) is 0 Å². The second kappa shape index (κ2) is 9.61. The van der Waals surface area contributed by atoms with E-state index in [1.165, 1.54) is 38.6 Å². The SMILES string of the molecule is CC(C)N1CCCC(CNC(=O)[C@@]23CCCC[C@H]2CNC3)C1.Cl.Cl. The highest BCUT2D eigenvalue weighted by molar-refractivity contribution is 5.85. The van der Waals surface area contributed by atoms with Crippen molar-refractivity contribution >= 4 is 30.7 Å². The van der Waals surface area contributed by atoms with Crippen LogP contribution in [0.2, 0.25) is 0 Å². The van der Waals surface area contributed by atoms with Gasteiger partial charge >= 0.3 is 0 Å². The number of halogens is 2. The Balaban J connectivity index is 0.00000144. The molecule has 1 amide bonds. The molecular formula is C18H35Cl2N3O. The summed E-state index contributed by atoms with van der Waals surface area (Å²) < 4.78 is 0. The number of carbonyl (C=O) groups excluding carboxylic acids is 1. The highest BCUT2D eigenvalue weighted by atomic mass is 35.5. The molecule has 0 spiro atoms. The number of carbonyl (C=O) groups is 1. The van der Waals surface area contributed by atoms with Gasteiger partial charge in [-0.1, -0.05) is 12.8 Å². The summed E-state index contributed by atoms with van der Waals surface area (Å²) in [6, 6.07) is 0.624. The molecule has 3 fully saturated rings. The van der Waals surface area contributed by atoms with Crippen LogP contribution in [0.15, 0.2) is 0 Å². The molecule has 2 N–H and O–H groups in total. The van der Waals surface area contributed by atoms with E-state index in [1.807, 2.05) is 0 Å². The van der Waals surface area contributed by atoms with Crippen molar-refractivity contribution in [3.63, 3.8) is 0 Å². The second-order valence-corrected chi connectivity index (χ2v) is 8.04. The fourth-order valence-corrected chi connectivity index (χ4v) is 4.84. The van der Waals surface area contributed by atoms with Gasteiger partial charge in [-0.05, 0) is 64.5 Å². The van der Waals surface area contributed by atoms with Crippen LogP contribution in [-0.2, 0) is 4.79 Å². The molecule has 2 aliphatic heterocycles. The van der Waals surface area contributed by atoms with Crippen LogP contribution in [0.1, 0.15) is 52.4 Å². The quantitative estimate of drug-likeness (QED) is 0.788. The maximum Gasteiger partial charge on any atom is 0.227 e. The zero-order valence-electron chi connectivity index (χ0n) is 15.2. The lowest BCUT2D eigenvalue weighted by molar-refractivity contribution is -0.134. The maximum absolute atomic E-state index is 12.9. The molecule has 1 unspecified atom stereocenters. The molecule has 3 aliphatic rings. The first-order valence-electron chi connectivity index (χ1n) is 9.35. The number of piperidine rings is 1. The number of amides is 1. The van der Waals surface area contributed by atoms with Gasteiger partial charge in [-0.3, -0.25) is 4.79 Å². The Labute approximate surface area is 159 Å². The highest BCUT2D eigenvalue weighted by Crippen LogP contribution is 2.43. The predicted octanol–water partition coefficient (Wildman–Crippen LogP) is 2.85. The summed E-state index contributed by atoms with van der Waals surface area (Å²) in [5.41, 5.74) is -0.0926. The smallest absolute Gasteiger partial charge is 0.227 e. The van der Waals surface area contributed by atoms with Crippen LogP contribution in [-0.4, -0.2) is 49.6 Å². The Kier molecular flexibility index (Phi) is 8.81. The van der Waals surface area contributed by atoms with Gasteiger partial charge in [-0.2, -0.15) is 0 Å². The van der Waals surface area contributed by atoms with Crippen LogP contribution in [0.25, 0.3) is 0 Å². The van der Waals surface area contributed by atoms with Crippen LogP contribution in [0.4, 0.5) is 0 Å². The molecule has 0 bridgehead atoms.